The summed E-state index contributed by atoms with van der Waals surface area (Å²) in [6, 6.07) is 10.2. The lowest BCUT2D eigenvalue weighted by Gasteiger charge is -2.26. The van der Waals surface area contributed by atoms with Crippen LogP contribution in [-0.2, 0) is 9.59 Å². The smallest absolute Gasteiger partial charge is 0.238 e. The highest BCUT2D eigenvalue weighted by molar-refractivity contribution is 8.00. The van der Waals surface area contributed by atoms with Gasteiger partial charge in [0.15, 0.2) is 0 Å². The van der Waals surface area contributed by atoms with Gasteiger partial charge in [-0.05, 0) is 24.6 Å². The Hall–Kier alpha value is -2.41. The molecule has 1 aliphatic rings. The Labute approximate surface area is 173 Å². The molecule has 0 saturated carbocycles. The van der Waals surface area contributed by atoms with Gasteiger partial charge in [0.25, 0.3) is 0 Å². The number of para-hydroxylation sites is 1. The molecule has 154 valence electrons. The number of nitrogens with zero attached hydrogens (tertiary/aromatic N) is 1. The van der Waals surface area contributed by atoms with E-state index in [0.29, 0.717) is 17.7 Å². The first-order chi connectivity index (χ1) is 14.0. The number of carbonyl (C=O) groups excluding carboxylic acids is 2. The molecular formula is C22H24F2N2O2S. The molecule has 0 aliphatic carbocycles. The fourth-order valence-corrected chi connectivity index (χ4v) is 4.54. The van der Waals surface area contributed by atoms with Crippen molar-refractivity contribution in [2.24, 2.45) is 0 Å². The minimum absolute atomic E-state index is 0.0913. The number of hydrogen-bond acceptors (Lipinski definition) is 3. The normalized spacial score (nSPS) is 16.3. The third-order valence-electron chi connectivity index (χ3n) is 4.79. The Bertz CT molecular complexity index is 891. The molecule has 1 N–H and O–H groups in total. The van der Waals surface area contributed by atoms with E-state index >= 15 is 0 Å². The SMILES string of the molecule is CCCCCCC(=O)Nc1ccccc1C1SCC(=O)N1c1cc(F)ccc1F. The van der Waals surface area contributed by atoms with Crippen LogP contribution >= 0.6 is 11.8 Å². The van der Waals surface area contributed by atoms with Crippen LogP contribution in [0.3, 0.4) is 0 Å². The van der Waals surface area contributed by atoms with E-state index in [2.05, 4.69) is 12.2 Å². The molecule has 4 nitrogen and oxygen atoms in total. The maximum Gasteiger partial charge on any atom is 0.238 e. The zero-order chi connectivity index (χ0) is 20.8. The molecule has 0 aromatic heterocycles. The monoisotopic (exact) mass is 418 g/mol. The third kappa shape index (κ3) is 5.15. The van der Waals surface area contributed by atoms with E-state index in [1.807, 2.05) is 0 Å². The van der Waals surface area contributed by atoms with E-state index < -0.39 is 17.0 Å². The summed E-state index contributed by atoms with van der Waals surface area (Å²) < 4.78 is 28.1. The topological polar surface area (TPSA) is 49.4 Å². The second kappa shape index (κ2) is 9.87. The van der Waals surface area contributed by atoms with Gasteiger partial charge in [0.05, 0.1) is 11.4 Å². The summed E-state index contributed by atoms with van der Waals surface area (Å²) in [6.45, 7) is 2.12. The number of nitrogens with one attached hydrogen (secondary N) is 1. The number of rotatable bonds is 8. The van der Waals surface area contributed by atoms with Crippen molar-refractivity contribution in [1.82, 2.24) is 0 Å². The maximum atomic E-state index is 14.4. The van der Waals surface area contributed by atoms with E-state index in [1.54, 1.807) is 24.3 Å². The lowest BCUT2D eigenvalue weighted by molar-refractivity contribution is -0.116. The number of hydrogen-bond donors (Lipinski definition) is 1. The molecule has 3 rings (SSSR count). The van der Waals surface area contributed by atoms with Gasteiger partial charge >= 0.3 is 0 Å². The van der Waals surface area contributed by atoms with Crippen LogP contribution in [0.1, 0.15) is 50.0 Å². The van der Waals surface area contributed by atoms with E-state index in [-0.39, 0.29) is 23.3 Å². The Morgan fingerprint density at radius 1 is 1.17 bits per heavy atom. The number of carbonyl (C=O) groups is 2. The molecule has 2 aromatic rings. The van der Waals surface area contributed by atoms with Crippen LogP contribution in [0.15, 0.2) is 42.5 Å². The zero-order valence-electron chi connectivity index (χ0n) is 16.3. The Morgan fingerprint density at radius 3 is 2.76 bits per heavy atom. The lowest BCUT2D eigenvalue weighted by Crippen LogP contribution is -2.29. The molecule has 1 fully saturated rings. The standard InChI is InChI=1S/C22H24F2N2O2S/c1-2-3-4-5-10-20(27)25-18-9-7-6-8-16(18)22-26(21(28)14-29-22)19-13-15(23)11-12-17(19)24/h6-9,11-13,22H,2-5,10,14H2,1H3,(H,25,27). The molecule has 1 aliphatic heterocycles. The average Bonchev–Trinajstić information content (AvgIpc) is 3.08. The van der Waals surface area contributed by atoms with Crippen LogP contribution in [0, 0.1) is 11.6 Å². The summed E-state index contributed by atoms with van der Waals surface area (Å²) in [6.07, 6.45) is 4.44. The summed E-state index contributed by atoms with van der Waals surface area (Å²) in [5.41, 5.74) is 1.18. The average molecular weight is 419 g/mol. The summed E-state index contributed by atoms with van der Waals surface area (Å²) >= 11 is 1.32. The fraction of sp³-hybridized carbons (Fsp3) is 0.364. The predicted molar refractivity (Wildman–Crippen MR) is 113 cm³/mol. The fourth-order valence-electron chi connectivity index (χ4n) is 3.34. The summed E-state index contributed by atoms with van der Waals surface area (Å²) in [7, 11) is 0. The molecule has 0 spiro atoms. The Morgan fingerprint density at radius 2 is 1.97 bits per heavy atom. The van der Waals surface area contributed by atoms with E-state index in [9.17, 15) is 18.4 Å². The number of benzene rings is 2. The van der Waals surface area contributed by atoms with Gasteiger partial charge in [-0.25, -0.2) is 8.78 Å². The quantitative estimate of drug-likeness (QED) is 0.564. The molecule has 2 amide bonds. The molecule has 2 aromatic carbocycles. The van der Waals surface area contributed by atoms with Crippen LogP contribution < -0.4 is 10.2 Å². The van der Waals surface area contributed by atoms with E-state index in [4.69, 9.17) is 0 Å². The summed E-state index contributed by atoms with van der Waals surface area (Å²) in [4.78, 5) is 26.1. The predicted octanol–water partition coefficient (Wildman–Crippen LogP) is 5.65. The molecule has 7 heteroatoms. The summed E-state index contributed by atoms with van der Waals surface area (Å²) in [5, 5.41) is 2.37. The first-order valence-corrected chi connectivity index (χ1v) is 10.8. The number of anilines is 2. The van der Waals surface area contributed by atoms with Gasteiger partial charge in [0, 0.05) is 23.7 Å². The summed E-state index contributed by atoms with van der Waals surface area (Å²) in [5.74, 6) is -1.51. The second-order valence-corrected chi connectivity index (χ2v) is 8.04. The number of thioether (sulfide) groups is 1. The molecule has 1 unspecified atom stereocenters. The van der Waals surface area contributed by atoms with Crippen LogP contribution in [0.2, 0.25) is 0 Å². The maximum absolute atomic E-state index is 14.4. The van der Waals surface area contributed by atoms with Crippen LogP contribution in [0.4, 0.5) is 20.2 Å². The highest BCUT2D eigenvalue weighted by Gasteiger charge is 2.37. The number of unbranched alkanes of at least 4 members (excludes halogenated alkanes) is 3. The van der Waals surface area contributed by atoms with Gasteiger partial charge in [-0.2, -0.15) is 0 Å². The van der Waals surface area contributed by atoms with Crippen molar-refractivity contribution in [2.75, 3.05) is 16.0 Å². The van der Waals surface area contributed by atoms with Gasteiger partial charge in [-0.1, -0.05) is 44.4 Å². The lowest BCUT2D eigenvalue weighted by atomic mass is 10.1. The molecule has 0 bridgehead atoms. The first-order valence-electron chi connectivity index (χ1n) is 9.78. The highest BCUT2D eigenvalue weighted by Crippen LogP contribution is 2.45. The van der Waals surface area contributed by atoms with Gasteiger partial charge in [-0.15, -0.1) is 11.8 Å². The van der Waals surface area contributed by atoms with Crippen molar-refractivity contribution >= 4 is 35.0 Å². The van der Waals surface area contributed by atoms with Gasteiger partial charge in [-0.3, -0.25) is 14.5 Å². The molecule has 29 heavy (non-hydrogen) atoms. The van der Waals surface area contributed by atoms with E-state index in [0.717, 1.165) is 43.9 Å². The van der Waals surface area contributed by atoms with Gasteiger partial charge < -0.3 is 5.32 Å². The molecule has 0 radical (unpaired) electrons. The highest BCUT2D eigenvalue weighted by atomic mass is 32.2. The van der Waals surface area contributed by atoms with Gasteiger partial charge in [0.2, 0.25) is 11.8 Å². The first kappa shape index (κ1) is 21.3. The molecule has 1 atom stereocenters. The molecule has 1 heterocycles. The minimum atomic E-state index is -0.662. The van der Waals surface area contributed by atoms with Crippen molar-refractivity contribution < 1.29 is 18.4 Å². The van der Waals surface area contributed by atoms with Crippen molar-refractivity contribution in [3.63, 3.8) is 0 Å². The second-order valence-electron chi connectivity index (χ2n) is 6.97. The Kier molecular flexibility index (Phi) is 7.25. The zero-order valence-corrected chi connectivity index (χ0v) is 17.1. The van der Waals surface area contributed by atoms with Gasteiger partial charge in [0.1, 0.15) is 17.0 Å². The van der Waals surface area contributed by atoms with Crippen LogP contribution in [0.25, 0.3) is 0 Å². The number of halogens is 2. The Balaban J connectivity index is 1.83. The van der Waals surface area contributed by atoms with Crippen molar-refractivity contribution in [3.05, 3.63) is 59.7 Å². The van der Waals surface area contributed by atoms with E-state index in [1.165, 1.54) is 16.7 Å². The van der Waals surface area contributed by atoms with Crippen LogP contribution in [0.5, 0.6) is 0 Å². The molecule has 1 saturated heterocycles. The minimum Gasteiger partial charge on any atom is -0.326 e. The molecular weight excluding hydrogens is 394 g/mol. The van der Waals surface area contributed by atoms with Crippen molar-refractivity contribution in [1.29, 1.82) is 0 Å². The largest absolute Gasteiger partial charge is 0.326 e. The van der Waals surface area contributed by atoms with Crippen molar-refractivity contribution in [3.8, 4) is 0 Å². The van der Waals surface area contributed by atoms with Crippen LogP contribution in [-0.4, -0.2) is 17.6 Å². The van der Waals surface area contributed by atoms with Crippen molar-refractivity contribution in [2.45, 2.75) is 44.4 Å². The number of amides is 2. The third-order valence-corrected chi connectivity index (χ3v) is 5.99.